The lowest BCUT2D eigenvalue weighted by molar-refractivity contribution is -0.116. The first-order valence-corrected chi connectivity index (χ1v) is 6.41. The molecule has 112 valence electrons. The van der Waals surface area contributed by atoms with Crippen molar-refractivity contribution in [1.82, 2.24) is 5.32 Å². The molecule has 0 aromatic heterocycles. The molecule has 0 radical (unpaired) electrons. The van der Waals surface area contributed by atoms with Crippen LogP contribution < -0.4 is 16.4 Å². The number of amides is 2. The molecule has 1 aromatic rings. The number of hydrogen-bond acceptors (Lipinski definition) is 3. The molecule has 0 aliphatic carbocycles. The predicted molar refractivity (Wildman–Crippen MR) is 83.2 cm³/mol. The number of anilines is 1. The number of rotatable bonds is 6. The van der Waals surface area contributed by atoms with Crippen molar-refractivity contribution in [2.75, 3.05) is 18.4 Å². The summed E-state index contributed by atoms with van der Waals surface area (Å²) in [6.45, 7) is 4.93. The average Bonchev–Trinajstić information content (AvgIpc) is 2.36. The second-order valence-corrected chi connectivity index (χ2v) is 4.74. The van der Waals surface area contributed by atoms with Crippen LogP contribution in [0.15, 0.2) is 24.3 Å². The first-order valence-electron chi connectivity index (χ1n) is 6.41. The summed E-state index contributed by atoms with van der Waals surface area (Å²) in [5, 5.41) is 5.53. The number of carbonyl (C=O) groups excluding carboxylic acids is 2. The van der Waals surface area contributed by atoms with Gasteiger partial charge < -0.3 is 16.4 Å². The first-order chi connectivity index (χ1) is 9.04. The molecule has 4 N–H and O–H groups in total. The highest BCUT2D eigenvalue weighted by molar-refractivity contribution is 6.03. The largest absolute Gasteiger partial charge is 0.352 e. The van der Waals surface area contributed by atoms with Crippen LogP contribution in [0.4, 0.5) is 5.69 Å². The van der Waals surface area contributed by atoms with Gasteiger partial charge >= 0.3 is 0 Å². The third kappa shape index (κ3) is 6.04. The van der Waals surface area contributed by atoms with Crippen LogP contribution in [0.25, 0.3) is 0 Å². The van der Waals surface area contributed by atoms with Gasteiger partial charge in [-0.1, -0.05) is 26.0 Å². The van der Waals surface area contributed by atoms with Gasteiger partial charge in [0.05, 0.1) is 11.3 Å². The van der Waals surface area contributed by atoms with Crippen LogP contribution in [-0.4, -0.2) is 24.9 Å². The standard InChI is InChI=1S/C14H21N3O2.ClH/c1-10(2)9-16-14(19)11-5-3-4-6-12(11)17-13(18)7-8-15;/h3-6,10H,7-9,15H2,1-2H3,(H,16,19)(H,17,18);1H. The second-order valence-electron chi connectivity index (χ2n) is 4.74. The van der Waals surface area contributed by atoms with Gasteiger partial charge in [-0.15, -0.1) is 12.4 Å². The Labute approximate surface area is 125 Å². The molecule has 0 bridgehead atoms. The second kappa shape index (κ2) is 9.34. The summed E-state index contributed by atoms with van der Waals surface area (Å²) in [5.41, 5.74) is 6.30. The van der Waals surface area contributed by atoms with E-state index < -0.39 is 0 Å². The molecule has 6 heteroatoms. The minimum absolute atomic E-state index is 0. The fourth-order valence-corrected chi connectivity index (χ4v) is 1.53. The van der Waals surface area contributed by atoms with Gasteiger partial charge in [0.2, 0.25) is 5.91 Å². The third-order valence-corrected chi connectivity index (χ3v) is 2.49. The topological polar surface area (TPSA) is 84.2 Å². The molecule has 0 spiro atoms. The quantitative estimate of drug-likeness (QED) is 0.748. The predicted octanol–water partition coefficient (Wildman–Crippen LogP) is 1.78. The Kier molecular flexibility index (Phi) is 8.59. The minimum Gasteiger partial charge on any atom is -0.352 e. The van der Waals surface area contributed by atoms with Gasteiger partial charge in [-0.25, -0.2) is 0 Å². The van der Waals surface area contributed by atoms with Crippen molar-refractivity contribution in [2.24, 2.45) is 11.7 Å². The number of para-hydroxylation sites is 1. The maximum Gasteiger partial charge on any atom is 0.253 e. The summed E-state index contributed by atoms with van der Waals surface area (Å²) in [4.78, 5) is 23.6. The average molecular weight is 300 g/mol. The summed E-state index contributed by atoms with van der Waals surface area (Å²) >= 11 is 0. The molecule has 0 saturated carbocycles. The summed E-state index contributed by atoms with van der Waals surface area (Å²) in [6.07, 6.45) is 0.238. The lowest BCUT2D eigenvalue weighted by Gasteiger charge is -2.12. The van der Waals surface area contributed by atoms with Crippen LogP contribution in [0.3, 0.4) is 0 Å². The molecule has 0 heterocycles. The van der Waals surface area contributed by atoms with Crippen molar-refractivity contribution < 1.29 is 9.59 Å². The van der Waals surface area contributed by atoms with Crippen molar-refractivity contribution in [3.63, 3.8) is 0 Å². The van der Waals surface area contributed by atoms with Crippen LogP contribution in [0.1, 0.15) is 30.6 Å². The summed E-state index contributed by atoms with van der Waals surface area (Å²) in [5.74, 6) is 0.00639. The zero-order valence-corrected chi connectivity index (χ0v) is 12.6. The fourth-order valence-electron chi connectivity index (χ4n) is 1.53. The Hall–Kier alpha value is -1.59. The maximum atomic E-state index is 12.0. The molecule has 20 heavy (non-hydrogen) atoms. The zero-order valence-electron chi connectivity index (χ0n) is 11.8. The van der Waals surface area contributed by atoms with E-state index in [1.54, 1.807) is 24.3 Å². The van der Waals surface area contributed by atoms with E-state index in [0.29, 0.717) is 23.7 Å². The Morgan fingerprint density at radius 2 is 1.90 bits per heavy atom. The first kappa shape index (κ1) is 18.4. The van der Waals surface area contributed by atoms with Crippen LogP contribution in [-0.2, 0) is 4.79 Å². The van der Waals surface area contributed by atoms with Crippen LogP contribution in [0.5, 0.6) is 0 Å². The lowest BCUT2D eigenvalue weighted by atomic mass is 10.1. The van der Waals surface area contributed by atoms with E-state index in [4.69, 9.17) is 5.73 Å². The molecule has 5 nitrogen and oxygen atoms in total. The van der Waals surface area contributed by atoms with Crippen LogP contribution >= 0.6 is 12.4 Å². The van der Waals surface area contributed by atoms with Crippen molar-refractivity contribution in [3.8, 4) is 0 Å². The number of carbonyl (C=O) groups is 2. The van der Waals surface area contributed by atoms with Crippen molar-refractivity contribution in [1.29, 1.82) is 0 Å². The molecule has 0 fully saturated rings. The highest BCUT2D eigenvalue weighted by Gasteiger charge is 2.12. The molecular weight excluding hydrogens is 278 g/mol. The molecule has 1 rings (SSSR count). The smallest absolute Gasteiger partial charge is 0.253 e. The van der Waals surface area contributed by atoms with Gasteiger partial charge in [0.15, 0.2) is 0 Å². The van der Waals surface area contributed by atoms with Gasteiger partial charge in [-0.05, 0) is 18.1 Å². The zero-order chi connectivity index (χ0) is 14.3. The molecule has 1 aromatic carbocycles. The number of nitrogens with two attached hydrogens (primary N) is 1. The van der Waals surface area contributed by atoms with E-state index in [0.717, 1.165) is 0 Å². The number of benzene rings is 1. The van der Waals surface area contributed by atoms with Gasteiger partial charge in [0, 0.05) is 19.5 Å². The third-order valence-electron chi connectivity index (χ3n) is 2.49. The van der Waals surface area contributed by atoms with Gasteiger partial charge in [-0.3, -0.25) is 9.59 Å². The summed E-state index contributed by atoms with van der Waals surface area (Å²) in [7, 11) is 0. The summed E-state index contributed by atoms with van der Waals surface area (Å²) in [6, 6.07) is 6.94. The fraction of sp³-hybridized carbons (Fsp3) is 0.429. The van der Waals surface area contributed by atoms with E-state index in [1.165, 1.54) is 0 Å². The highest BCUT2D eigenvalue weighted by atomic mass is 35.5. The Morgan fingerprint density at radius 1 is 1.25 bits per heavy atom. The van der Waals surface area contributed by atoms with Crippen LogP contribution in [0, 0.1) is 5.92 Å². The molecule has 2 amide bonds. The molecule has 0 aliphatic heterocycles. The van der Waals surface area contributed by atoms with Crippen molar-refractivity contribution in [3.05, 3.63) is 29.8 Å². The van der Waals surface area contributed by atoms with E-state index in [1.807, 2.05) is 13.8 Å². The monoisotopic (exact) mass is 299 g/mol. The number of nitrogens with one attached hydrogen (secondary N) is 2. The SMILES string of the molecule is CC(C)CNC(=O)c1ccccc1NC(=O)CCN.Cl. The van der Waals surface area contributed by atoms with Crippen molar-refractivity contribution >= 4 is 29.9 Å². The van der Waals surface area contributed by atoms with E-state index in [2.05, 4.69) is 10.6 Å². The van der Waals surface area contributed by atoms with Gasteiger partial charge in [0.25, 0.3) is 5.91 Å². The lowest BCUT2D eigenvalue weighted by Crippen LogP contribution is -2.28. The van der Waals surface area contributed by atoms with Crippen LogP contribution in [0.2, 0.25) is 0 Å². The Bertz CT molecular complexity index is 450. The van der Waals surface area contributed by atoms with E-state index in [-0.39, 0.29) is 37.2 Å². The van der Waals surface area contributed by atoms with Crippen molar-refractivity contribution in [2.45, 2.75) is 20.3 Å². The van der Waals surface area contributed by atoms with E-state index >= 15 is 0 Å². The normalized spacial score (nSPS) is 9.80. The molecule has 0 saturated heterocycles. The Morgan fingerprint density at radius 3 is 2.50 bits per heavy atom. The van der Waals surface area contributed by atoms with Gasteiger partial charge in [-0.2, -0.15) is 0 Å². The molecule has 0 atom stereocenters. The molecule has 0 aliphatic rings. The highest BCUT2D eigenvalue weighted by Crippen LogP contribution is 2.15. The van der Waals surface area contributed by atoms with Gasteiger partial charge in [0.1, 0.15) is 0 Å². The number of hydrogen-bond donors (Lipinski definition) is 3. The number of halogens is 1. The molecule has 0 unspecified atom stereocenters. The summed E-state index contributed by atoms with van der Waals surface area (Å²) < 4.78 is 0. The molecular formula is C14H22ClN3O2. The maximum absolute atomic E-state index is 12.0. The Balaban J connectivity index is 0.00000361. The minimum atomic E-state index is -0.188. The van der Waals surface area contributed by atoms with E-state index in [9.17, 15) is 9.59 Å².